The number of ether oxygens (including phenoxy) is 1. The molecule has 1 saturated heterocycles. The van der Waals surface area contributed by atoms with Crippen LogP contribution in [0.3, 0.4) is 0 Å². The number of rotatable bonds is 6. The third kappa shape index (κ3) is 6.11. The minimum absolute atomic E-state index is 0.241. The number of carbonyl (C=O) groups is 2. The minimum atomic E-state index is -0.454. The number of halogens is 3. The van der Waals surface area contributed by atoms with Crippen LogP contribution in [-0.2, 0) is 11.4 Å². The Labute approximate surface area is 238 Å². The molecular weight excluding hydrogens is 718 g/mol. The number of thioether (sulfide) groups is 1. The van der Waals surface area contributed by atoms with Gasteiger partial charge >= 0.3 is 0 Å². The summed E-state index contributed by atoms with van der Waals surface area (Å²) in [5, 5.41) is 1.61. The van der Waals surface area contributed by atoms with Crippen LogP contribution >= 0.6 is 80.8 Å². The zero-order valence-electron chi connectivity index (χ0n) is 17.3. The Morgan fingerprint density at radius 1 is 1.12 bits per heavy atom. The topological polar surface area (TPSA) is 58.6 Å². The van der Waals surface area contributed by atoms with E-state index in [2.05, 4.69) is 50.6 Å². The zero-order chi connectivity index (χ0) is 24.2. The largest absolute Gasteiger partial charge is 0.487 e. The van der Waals surface area contributed by atoms with Crippen molar-refractivity contribution in [3.05, 3.63) is 100 Å². The predicted molar refractivity (Wildman–Crippen MR) is 157 cm³/mol. The van der Waals surface area contributed by atoms with Crippen LogP contribution in [-0.4, -0.2) is 21.1 Å². The fourth-order valence-corrected chi connectivity index (χ4v) is 6.38. The van der Waals surface area contributed by atoms with E-state index in [1.807, 2.05) is 42.5 Å². The van der Waals surface area contributed by atoms with Crippen molar-refractivity contribution in [2.45, 2.75) is 6.61 Å². The van der Waals surface area contributed by atoms with Crippen LogP contribution in [0.15, 0.2) is 71.6 Å². The first-order valence-corrected chi connectivity index (χ1v) is 13.6. The van der Waals surface area contributed by atoms with Crippen LogP contribution in [0, 0.1) is 7.14 Å². The fourth-order valence-electron chi connectivity index (χ4n) is 3.04. The molecule has 0 atom stereocenters. The number of thiocarbonyl (C=S) groups is 1. The van der Waals surface area contributed by atoms with Crippen molar-refractivity contribution < 1.29 is 14.3 Å². The SMILES string of the molecule is O=C(NN1C(=O)/C(=C\c2cc(I)cc(I)c2OCc2ccccc2)SC1=S)c1ccc(Cl)cc1. The monoisotopic (exact) mass is 732 g/mol. The maximum atomic E-state index is 13.1. The first kappa shape index (κ1) is 25.4. The van der Waals surface area contributed by atoms with Crippen molar-refractivity contribution in [2.24, 2.45) is 0 Å². The number of amides is 2. The van der Waals surface area contributed by atoms with Crippen LogP contribution in [0.4, 0.5) is 0 Å². The molecule has 0 aliphatic carbocycles. The predicted octanol–water partition coefficient (Wildman–Crippen LogP) is 6.67. The first-order chi connectivity index (χ1) is 16.3. The van der Waals surface area contributed by atoms with Gasteiger partial charge in [-0.05, 0) is 105 Å². The normalized spacial score (nSPS) is 14.6. The fraction of sp³-hybridized carbons (Fsp3) is 0.0417. The Bertz CT molecular complexity index is 1300. The van der Waals surface area contributed by atoms with Crippen molar-refractivity contribution in [1.29, 1.82) is 0 Å². The van der Waals surface area contributed by atoms with E-state index in [0.29, 0.717) is 27.8 Å². The highest BCUT2D eigenvalue weighted by Gasteiger charge is 2.34. The molecule has 3 aromatic rings. The number of hydrogen-bond acceptors (Lipinski definition) is 5. The number of hydrogen-bond donors (Lipinski definition) is 1. The lowest BCUT2D eigenvalue weighted by Crippen LogP contribution is -2.44. The Balaban J connectivity index is 1.56. The molecule has 0 unspecified atom stereocenters. The second-order valence-electron chi connectivity index (χ2n) is 7.05. The van der Waals surface area contributed by atoms with Gasteiger partial charge in [-0.25, -0.2) is 0 Å². The Morgan fingerprint density at radius 2 is 1.82 bits per heavy atom. The molecule has 0 radical (unpaired) electrons. The molecule has 0 saturated carbocycles. The average molecular weight is 733 g/mol. The molecular formula is C24H15ClI2N2O3S2. The summed E-state index contributed by atoms with van der Waals surface area (Å²) in [6.45, 7) is 0.399. The van der Waals surface area contributed by atoms with Gasteiger partial charge in [0.05, 0.1) is 8.48 Å². The number of carbonyl (C=O) groups excluding carboxylic acids is 2. The molecule has 5 nitrogen and oxygen atoms in total. The number of nitrogens with zero attached hydrogens (tertiary/aromatic N) is 1. The van der Waals surface area contributed by atoms with Crippen molar-refractivity contribution in [3.8, 4) is 5.75 Å². The molecule has 10 heteroatoms. The van der Waals surface area contributed by atoms with Gasteiger partial charge in [-0.15, -0.1) is 0 Å². The highest BCUT2D eigenvalue weighted by atomic mass is 127. The maximum absolute atomic E-state index is 13.1. The Hall–Kier alpha value is -1.67. The van der Waals surface area contributed by atoms with Crippen molar-refractivity contribution in [2.75, 3.05) is 0 Å². The lowest BCUT2D eigenvalue weighted by atomic mass is 10.1. The zero-order valence-corrected chi connectivity index (χ0v) is 24.0. The first-order valence-electron chi connectivity index (χ1n) is 9.82. The molecule has 1 fully saturated rings. The van der Waals surface area contributed by atoms with Gasteiger partial charge in [0.2, 0.25) is 0 Å². The summed E-state index contributed by atoms with van der Waals surface area (Å²) in [7, 11) is 0. The summed E-state index contributed by atoms with van der Waals surface area (Å²) in [5.74, 6) is -0.176. The van der Waals surface area contributed by atoms with Gasteiger partial charge in [-0.1, -0.05) is 53.7 Å². The quantitative estimate of drug-likeness (QED) is 0.174. The van der Waals surface area contributed by atoms with E-state index in [1.165, 1.54) is 0 Å². The molecule has 0 aromatic heterocycles. The number of benzene rings is 3. The molecule has 1 aliphatic rings. The molecule has 2 amide bonds. The second kappa shape index (κ2) is 11.4. The highest BCUT2D eigenvalue weighted by molar-refractivity contribution is 14.1. The van der Waals surface area contributed by atoms with Crippen molar-refractivity contribution in [3.63, 3.8) is 0 Å². The molecule has 1 heterocycles. The molecule has 3 aromatic carbocycles. The van der Waals surface area contributed by atoms with E-state index in [-0.39, 0.29) is 4.32 Å². The lowest BCUT2D eigenvalue weighted by molar-refractivity contribution is -0.123. The minimum Gasteiger partial charge on any atom is -0.487 e. The summed E-state index contributed by atoms with van der Waals surface area (Å²) >= 11 is 16.8. The smallest absolute Gasteiger partial charge is 0.285 e. The Morgan fingerprint density at radius 3 is 2.53 bits per heavy atom. The van der Waals surface area contributed by atoms with E-state index < -0.39 is 11.8 Å². The molecule has 1 N–H and O–H groups in total. The van der Waals surface area contributed by atoms with Gasteiger partial charge < -0.3 is 4.74 Å². The summed E-state index contributed by atoms with van der Waals surface area (Å²) in [4.78, 5) is 26.0. The van der Waals surface area contributed by atoms with Crippen LogP contribution in [0.1, 0.15) is 21.5 Å². The lowest BCUT2D eigenvalue weighted by Gasteiger charge is -2.15. The maximum Gasteiger partial charge on any atom is 0.285 e. The highest BCUT2D eigenvalue weighted by Crippen LogP contribution is 2.36. The van der Waals surface area contributed by atoms with E-state index in [4.69, 9.17) is 28.6 Å². The van der Waals surface area contributed by atoms with Crippen LogP contribution in [0.5, 0.6) is 5.75 Å². The second-order valence-corrected chi connectivity index (χ2v) is 11.6. The van der Waals surface area contributed by atoms with E-state index in [1.54, 1.807) is 30.3 Å². The molecule has 0 spiro atoms. The van der Waals surface area contributed by atoms with Gasteiger partial charge in [0.15, 0.2) is 4.32 Å². The molecule has 172 valence electrons. The van der Waals surface area contributed by atoms with Gasteiger partial charge in [0.25, 0.3) is 11.8 Å². The van der Waals surface area contributed by atoms with E-state index >= 15 is 0 Å². The third-order valence-corrected chi connectivity index (χ3v) is 7.64. The third-order valence-electron chi connectivity index (χ3n) is 4.66. The summed E-state index contributed by atoms with van der Waals surface area (Å²) in [6, 6.07) is 20.2. The summed E-state index contributed by atoms with van der Waals surface area (Å²) in [6.07, 6.45) is 1.75. The van der Waals surface area contributed by atoms with Gasteiger partial charge in [0.1, 0.15) is 12.4 Å². The number of nitrogens with one attached hydrogen (secondary N) is 1. The molecule has 34 heavy (non-hydrogen) atoms. The van der Waals surface area contributed by atoms with Crippen LogP contribution in [0.2, 0.25) is 5.02 Å². The molecule has 1 aliphatic heterocycles. The molecule has 0 bridgehead atoms. The Kier molecular flexibility index (Phi) is 8.51. The van der Waals surface area contributed by atoms with Gasteiger partial charge in [-0.3, -0.25) is 15.0 Å². The summed E-state index contributed by atoms with van der Waals surface area (Å²) < 4.78 is 8.31. The van der Waals surface area contributed by atoms with Crippen LogP contribution < -0.4 is 10.2 Å². The van der Waals surface area contributed by atoms with E-state index in [0.717, 1.165) is 35.0 Å². The molecule has 4 rings (SSSR count). The average Bonchev–Trinajstić information content (AvgIpc) is 3.07. The standard InChI is InChI=1S/C24H15ClI2N2O3S2/c25-17-8-6-15(7-9-17)22(30)28-29-23(31)20(34-24(29)33)11-16-10-18(26)12-19(27)21(16)32-13-14-4-2-1-3-5-14/h1-12H,13H2,(H,28,30)/b20-11+. The number of hydrazine groups is 1. The van der Waals surface area contributed by atoms with Gasteiger partial charge in [0, 0.05) is 19.7 Å². The van der Waals surface area contributed by atoms with Crippen molar-refractivity contribution in [1.82, 2.24) is 10.4 Å². The summed E-state index contributed by atoms with van der Waals surface area (Å²) in [5.41, 5.74) is 4.75. The van der Waals surface area contributed by atoms with Gasteiger partial charge in [-0.2, -0.15) is 5.01 Å². The van der Waals surface area contributed by atoms with Crippen molar-refractivity contribution >= 4 is 103 Å². The van der Waals surface area contributed by atoms with Crippen LogP contribution in [0.25, 0.3) is 6.08 Å². The van der Waals surface area contributed by atoms with E-state index in [9.17, 15) is 9.59 Å².